The Hall–Kier alpha value is -1.16. The fourth-order valence-electron chi connectivity index (χ4n) is 2.76. The molecule has 1 N–H and O–H groups in total. The Morgan fingerprint density at radius 2 is 2.00 bits per heavy atom. The molecule has 0 radical (unpaired) electrons. The number of rotatable bonds is 4. The number of hydrogen-bond acceptors (Lipinski definition) is 3. The van der Waals surface area contributed by atoms with Crippen LogP contribution in [-0.4, -0.2) is 35.3 Å². The van der Waals surface area contributed by atoms with Crippen molar-refractivity contribution in [2.45, 2.75) is 50.6 Å². The first-order valence-electron chi connectivity index (χ1n) is 6.44. The lowest BCUT2D eigenvalue weighted by atomic mass is 9.94. The molecule has 0 bridgehead atoms. The molecule has 2 fully saturated rings. The maximum atomic E-state index is 12.1. The molecule has 17 heavy (non-hydrogen) atoms. The van der Waals surface area contributed by atoms with Gasteiger partial charge in [-0.3, -0.25) is 14.5 Å². The van der Waals surface area contributed by atoms with Crippen LogP contribution in [0, 0.1) is 0 Å². The van der Waals surface area contributed by atoms with Gasteiger partial charge in [-0.1, -0.05) is 25.3 Å². The Morgan fingerprint density at radius 1 is 1.29 bits per heavy atom. The Balaban J connectivity index is 1.99. The molecule has 0 spiro atoms. The number of amides is 2. The third-order valence-electron chi connectivity index (χ3n) is 3.63. The molecular weight excluding hydrogens is 216 g/mol. The van der Waals surface area contributed by atoms with E-state index in [0.29, 0.717) is 13.0 Å². The molecule has 1 atom stereocenters. The van der Waals surface area contributed by atoms with E-state index in [4.69, 9.17) is 0 Å². The van der Waals surface area contributed by atoms with Crippen LogP contribution in [0.25, 0.3) is 0 Å². The fourth-order valence-corrected chi connectivity index (χ4v) is 2.76. The highest BCUT2D eigenvalue weighted by Crippen LogP contribution is 2.27. The average molecular weight is 236 g/mol. The van der Waals surface area contributed by atoms with Gasteiger partial charge in [-0.25, -0.2) is 0 Å². The van der Waals surface area contributed by atoms with Crippen molar-refractivity contribution in [2.24, 2.45) is 0 Å². The number of hydrogen-bond donors (Lipinski definition) is 1. The van der Waals surface area contributed by atoms with Crippen molar-refractivity contribution in [2.75, 3.05) is 6.54 Å². The first-order valence-corrected chi connectivity index (χ1v) is 6.44. The van der Waals surface area contributed by atoms with Gasteiger partial charge in [0.25, 0.3) is 0 Å². The minimum absolute atomic E-state index is 0.0107. The number of nitrogens with one attached hydrogen (secondary N) is 1. The lowest BCUT2D eigenvalue weighted by molar-refractivity contribution is -0.142. The number of carbonyl (C=O) groups is 2. The summed E-state index contributed by atoms with van der Waals surface area (Å²) in [6, 6.07) is -0.179. The lowest BCUT2D eigenvalue weighted by Crippen LogP contribution is -2.44. The van der Waals surface area contributed by atoms with Gasteiger partial charge in [0.15, 0.2) is 0 Å². The molecule has 1 saturated carbocycles. The van der Waals surface area contributed by atoms with E-state index in [-0.39, 0.29) is 23.9 Å². The molecule has 0 aromatic heterocycles. The second-order valence-corrected chi connectivity index (χ2v) is 4.85. The molecular formula is C13H20N2O2. The van der Waals surface area contributed by atoms with Crippen molar-refractivity contribution in [1.82, 2.24) is 10.2 Å². The predicted octanol–water partition coefficient (Wildman–Crippen LogP) is 1.22. The summed E-state index contributed by atoms with van der Waals surface area (Å²) in [5.74, 6) is -0.0489. The molecule has 1 heterocycles. The first kappa shape index (κ1) is 12.3. The fraction of sp³-hybridized carbons (Fsp3) is 0.692. The number of carbonyl (C=O) groups excluding carboxylic acids is 2. The van der Waals surface area contributed by atoms with E-state index in [0.717, 1.165) is 25.7 Å². The Morgan fingerprint density at radius 3 is 2.65 bits per heavy atom. The van der Waals surface area contributed by atoms with Crippen molar-refractivity contribution < 1.29 is 9.59 Å². The highest BCUT2D eigenvalue weighted by molar-refractivity contribution is 6.05. The summed E-state index contributed by atoms with van der Waals surface area (Å²) < 4.78 is 0. The molecule has 1 saturated heterocycles. The SMILES string of the molecule is C=CCNC1CC(=O)N(C2CCCCC2)C1=O. The van der Waals surface area contributed by atoms with Crippen molar-refractivity contribution in [3.8, 4) is 0 Å². The molecule has 2 rings (SSSR count). The zero-order chi connectivity index (χ0) is 12.3. The summed E-state index contributed by atoms with van der Waals surface area (Å²) >= 11 is 0. The average Bonchev–Trinajstić information content (AvgIpc) is 2.63. The van der Waals surface area contributed by atoms with Crippen molar-refractivity contribution in [3.05, 3.63) is 12.7 Å². The van der Waals surface area contributed by atoms with Crippen molar-refractivity contribution in [3.63, 3.8) is 0 Å². The topological polar surface area (TPSA) is 49.4 Å². The second-order valence-electron chi connectivity index (χ2n) is 4.85. The van der Waals surface area contributed by atoms with E-state index in [9.17, 15) is 9.59 Å². The standard InChI is InChI=1S/C13H20N2O2/c1-2-8-14-11-9-12(16)15(13(11)17)10-6-4-3-5-7-10/h2,10-11,14H,1,3-9H2. The number of likely N-dealkylation sites (tertiary alicyclic amines) is 1. The van der Waals surface area contributed by atoms with Gasteiger partial charge < -0.3 is 5.32 Å². The molecule has 4 heteroatoms. The van der Waals surface area contributed by atoms with Gasteiger partial charge in [0.1, 0.15) is 0 Å². The van der Waals surface area contributed by atoms with Gasteiger partial charge in [-0.2, -0.15) is 0 Å². The van der Waals surface area contributed by atoms with Gasteiger partial charge >= 0.3 is 0 Å². The van der Waals surface area contributed by atoms with Crippen LogP contribution >= 0.6 is 0 Å². The Kier molecular flexibility index (Phi) is 3.94. The van der Waals surface area contributed by atoms with Gasteiger partial charge in [0.05, 0.1) is 12.5 Å². The summed E-state index contributed by atoms with van der Waals surface area (Å²) in [6.07, 6.45) is 7.46. The van der Waals surface area contributed by atoms with Crippen LogP contribution in [0.15, 0.2) is 12.7 Å². The maximum Gasteiger partial charge on any atom is 0.247 e. The molecule has 1 unspecified atom stereocenters. The summed E-state index contributed by atoms with van der Waals surface area (Å²) in [7, 11) is 0. The van der Waals surface area contributed by atoms with Crippen LogP contribution < -0.4 is 5.32 Å². The Labute approximate surface area is 102 Å². The van der Waals surface area contributed by atoms with Gasteiger partial charge in [0.2, 0.25) is 11.8 Å². The minimum atomic E-state index is -0.331. The minimum Gasteiger partial charge on any atom is -0.302 e. The molecule has 4 nitrogen and oxygen atoms in total. The van der Waals surface area contributed by atoms with Gasteiger partial charge in [-0.05, 0) is 12.8 Å². The highest BCUT2D eigenvalue weighted by atomic mass is 16.2. The molecule has 1 aliphatic carbocycles. The van der Waals surface area contributed by atoms with E-state index >= 15 is 0 Å². The third-order valence-corrected chi connectivity index (χ3v) is 3.63. The third kappa shape index (κ3) is 2.57. The van der Waals surface area contributed by atoms with E-state index in [1.165, 1.54) is 11.3 Å². The second kappa shape index (κ2) is 5.45. The smallest absolute Gasteiger partial charge is 0.247 e. The van der Waals surface area contributed by atoms with Crippen LogP contribution in [0.1, 0.15) is 38.5 Å². The largest absolute Gasteiger partial charge is 0.302 e. The molecule has 94 valence electrons. The van der Waals surface area contributed by atoms with Crippen LogP contribution in [-0.2, 0) is 9.59 Å². The van der Waals surface area contributed by atoms with Crippen LogP contribution in [0.4, 0.5) is 0 Å². The summed E-state index contributed by atoms with van der Waals surface area (Å²) in [5, 5.41) is 3.05. The van der Waals surface area contributed by atoms with Crippen LogP contribution in [0.5, 0.6) is 0 Å². The van der Waals surface area contributed by atoms with Crippen LogP contribution in [0.2, 0.25) is 0 Å². The van der Waals surface area contributed by atoms with E-state index < -0.39 is 0 Å². The molecule has 0 aromatic rings. The van der Waals surface area contributed by atoms with Gasteiger partial charge in [-0.15, -0.1) is 6.58 Å². The van der Waals surface area contributed by atoms with E-state index in [1.54, 1.807) is 6.08 Å². The number of nitrogens with zero attached hydrogens (tertiary/aromatic N) is 1. The summed E-state index contributed by atoms with van der Waals surface area (Å²) in [6.45, 7) is 4.17. The summed E-state index contributed by atoms with van der Waals surface area (Å²) in [5.41, 5.74) is 0. The normalized spacial score (nSPS) is 26.6. The lowest BCUT2D eigenvalue weighted by Gasteiger charge is -2.29. The zero-order valence-corrected chi connectivity index (χ0v) is 10.2. The number of imide groups is 1. The molecule has 2 aliphatic rings. The van der Waals surface area contributed by atoms with Crippen molar-refractivity contribution >= 4 is 11.8 Å². The summed E-state index contributed by atoms with van der Waals surface area (Å²) in [4.78, 5) is 25.5. The van der Waals surface area contributed by atoms with E-state index in [1.807, 2.05) is 0 Å². The zero-order valence-electron chi connectivity index (χ0n) is 10.2. The molecule has 0 aromatic carbocycles. The monoisotopic (exact) mass is 236 g/mol. The Bertz CT molecular complexity index is 321. The van der Waals surface area contributed by atoms with Gasteiger partial charge in [0, 0.05) is 12.6 Å². The van der Waals surface area contributed by atoms with E-state index in [2.05, 4.69) is 11.9 Å². The molecule has 1 aliphatic heterocycles. The maximum absolute atomic E-state index is 12.1. The quantitative estimate of drug-likeness (QED) is 0.590. The highest BCUT2D eigenvalue weighted by Gasteiger charge is 2.41. The van der Waals surface area contributed by atoms with Crippen LogP contribution in [0.3, 0.4) is 0 Å². The predicted molar refractivity (Wildman–Crippen MR) is 65.3 cm³/mol. The van der Waals surface area contributed by atoms with Crippen molar-refractivity contribution in [1.29, 1.82) is 0 Å². The molecule has 2 amide bonds. The first-order chi connectivity index (χ1) is 8.24.